The number of hydrogen-bond donors (Lipinski definition) is 0. The zero-order chi connectivity index (χ0) is 13.7. The van der Waals surface area contributed by atoms with Crippen LogP contribution < -0.4 is 4.57 Å². The Morgan fingerprint density at radius 2 is 1.47 bits per heavy atom. The number of rotatable bonds is 1. The fraction of sp³-hybridized carbons (Fsp3) is 0.444. The lowest BCUT2D eigenvalue weighted by Crippen LogP contribution is -2.34. The average molecular weight is 271 g/mol. The summed E-state index contributed by atoms with van der Waals surface area (Å²) in [6.45, 7) is 4.33. The number of alkyl halides is 3. The van der Waals surface area contributed by atoms with E-state index in [9.17, 15) is 13.2 Å². The van der Waals surface area contributed by atoms with Crippen LogP contribution in [0.4, 0.5) is 13.2 Å². The van der Waals surface area contributed by atoms with Crippen LogP contribution in [0.5, 0.6) is 0 Å². The Labute approximate surface area is 97.5 Å². The van der Waals surface area contributed by atoms with Gasteiger partial charge in [-0.1, -0.05) is 6.07 Å². The molecule has 1 rings (SSSR count). The molecule has 0 aliphatic rings. The second-order valence-electron chi connectivity index (χ2n) is 3.32. The van der Waals surface area contributed by atoms with Gasteiger partial charge in [0.2, 0.25) is 0 Å². The maximum Gasteiger partial charge on any atom is 0.485 e. The van der Waals surface area contributed by atoms with Gasteiger partial charge in [0.25, 0.3) is 0 Å². The Hall–Kier alpha value is -1.15. The van der Waals surface area contributed by atoms with Crippen molar-refractivity contribution in [1.29, 1.82) is 0 Å². The maximum absolute atomic E-state index is 10.7. The first-order chi connectivity index (χ1) is 7.55. The van der Waals surface area contributed by atoms with E-state index in [-0.39, 0.29) is 0 Å². The molecule has 0 aromatic carbocycles. The third kappa shape index (κ3) is 6.22. The van der Waals surface area contributed by atoms with Crippen LogP contribution in [0.15, 0.2) is 30.6 Å². The summed E-state index contributed by atoms with van der Waals surface area (Å²) in [5.74, 6) is 0. The molecule has 1 heterocycles. The number of hydrogen-bond acceptors (Lipinski definition) is 3. The summed E-state index contributed by atoms with van der Waals surface area (Å²) in [5.41, 5.74) is -5.65. The molecule has 4 nitrogen and oxygen atoms in total. The lowest BCUT2D eigenvalue weighted by Gasteiger charge is -2.08. The molecular formula is C9H12F3NO3S. The highest BCUT2D eigenvalue weighted by Gasteiger charge is 2.36. The maximum atomic E-state index is 10.7. The SMILES string of the molecule is CC(C)[n+]1ccccc1.O=S(=O)([O-])C(F)(F)F. The van der Waals surface area contributed by atoms with E-state index in [1.165, 1.54) is 0 Å². The van der Waals surface area contributed by atoms with Crippen LogP contribution in [0, 0.1) is 0 Å². The van der Waals surface area contributed by atoms with E-state index in [0.29, 0.717) is 6.04 Å². The fourth-order valence-corrected chi connectivity index (χ4v) is 0.756. The predicted octanol–water partition coefficient (Wildman–Crippen LogP) is 1.61. The topological polar surface area (TPSA) is 61.1 Å². The van der Waals surface area contributed by atoms with Crippen molar-refractivity contribution < 1.29 is 30.7 Å². The summed E-state index contributed by atoms with van der Waals surface area (Å²) >= 11 is 0. The summed E-state index contributed by atoms with van der Waals surface area (Å²) in [7, 11) is -6.09. The highest BCUT2D eigenvalue weighted by molar-refractivity contribution is 7.86. The molecule has 0 atom stereocenters. The van der Waals surface area contributed by atoms with Gasteiger partial charge in [-0.3, -0.25) is 0 Å². The molecule has 0 radical (unpaired) electrons. The third-order valence-corrected chi connectivity index (χ3v) is 2.19. The molecule has 0 N–H and O–H groups in total. The van der Waals surface area contributed by atoms with Crippen LogP contribution in [0.25, 0.3) is 0 Å². The Bertz CT molecular complexity index is 429. The van der Waals surface area contributed by atoms with Crippen molar-refractivity contribution in [1.82, 2.24) is 0 Å². The van der Waals surface area contributed by atoms with Crippen molar-refractivity contribution in [3.05, 3.63) is 30.6 Å². The molecule has 1 aromatic heterocycles. The van der Waals surface area contributed by atoms with Gasteiger partial charge >= 0.3 is 5.51 Å². The van der Waals surface area contributed by atoms with E-state index >= 15 is 0 Å². The highest BCUT2D eigenvalue weighted by Crippen LogP contribution is 2.20. The molecule has 0 aliphatic carbocycles. The van der Waals surface area contributed by atoms with E-state index in [1.807, 2.05) is 18.2 Å². The molecule has 98 valence electrons. The van der Waals surface area contributed by atoms with E-state index in [1.54, 1.807) is 0 Å². The van der Waals surface area contributed by atoms with Crippen molar-refractivity contribution in [2.45, 2.75) is 25.4 Å². The van der Waals surface area contributed by atoms with Gasteiger partial charge in [0.05, 0.1) is 0 Å². The van der Waals surface area contributed by atoms with Crippen molar-refractivity contribution in [2.75, 3.05) is 0 Å². The van der Waals surface area contributed by atoms with Crippen molar-refractivity contribution in [2.24, 2.45) is 0 Å². The molecular weight excluding hydrogens is 259 g/mol. The molecule has 0 amide bonds. The summed E-state index contributed by atoms with van der Waals surface area (Å²) in [4.78, 5) is 0. The van der Waals surface area contributed by atoms with E-state index < -0.39 is 15.6 Å². The molecule has 0 fully saturated rings. The van der Waals surface area contributed by atoms with E-state index in [2.05, 4.69) is 30.8 Å². The summed E-state index contributed by atoms with van der Waals surface area (Å²) in [6.07, 6.45) is 4.15. The van der Waals surface area contributed by atoms with Gasteiger partial charge < -0.3 is 4.55 Å². The molecule has 1 aromatic rings. The largest absolute Gasteiger partial charge is 0.741 e. The smallest absolute Gasteiger partial charge is 0.485 e. The molecule has 0 aliphatic heterocycles. The first-order valence-electron chi connectivity index (χ1n) is 4.53. The lowest BCUT2D eigenvalue weighted by atomic mass is 10.3. The van der Waals surface area contributed by atoms with Gasteiger partial charge in [0, 0.05) is 12.1 Å². The minimum absolute atomic E-state index is 0.575. The van der Waals surface area contributed by atoms with Gasteiger partial charge in [0.1, 0.15) is 0 Å². The zero-order valence-corrected chi connectivity index (χ0v) is 9.99. The van der Waals surface area contributed by atoms with Crippen LogP contribution in [0.1, 0.15) is 19.9 Å². The van der Waals surface area contributed by atoms with Crippen LogP contribution in [-0.2, 0) is 10.1 Å². The van der Waals surface area contributed by atoms with Gasteiger partial charge in [-0.25, -0.2) is 13.0 Å². The second-order valence-corrected chi connectivity index (χ2v) is 4.69. The normalized spacial score (nSPS) is 11.9. The molecule has 8 heteroatoms. The number of pyridine rings is 1. The third-order valence-electron chi connectivity index (χ3n) is 1.62. The van der Waals surface area contributed by atoms with Crippen LogP contribution in [-0.4, -0.2) is 18.5 Å². The summed E-state index contributed by atoms with van der Waals surface area (Å²) in [6, 6.07) is 6.69. The van der Waals surface area contributed by atoms with Gasteiger partial charge in [0.15, 0.2) is 28.6 Å². The van der Waals surface area contributed by atoms with Crippen molar-refractivity contribution in [3.8, 4) is 0 Å². The van der Waals surface area contributed by atoms with Gasteiger partial charge in [-0.05, 0) is 13.8 Å². The average Bonchev–Trinajstić information content (AvgIpc) is 2.17. The van der Waals surface area contributed by atoms with E-state index in [0.717, 1.165) is 0 Å². The molecule has 0 spiro atoms. The van der Waals surface area contributed by atoms with Gasteiger partial charge in [-0.2, -0.15) is 13.2 Å². The lowest BCUT2D eigenvalue weighted by molar-refractivity contribution is -0.716. The molecule has 0 bridgehead atoms. The number of nitrogens with zero attached hydrogens (tertiary/aromatic N) is 1. The molecule has 17 heavy (non-hydrogen) atoms. The Balaban J connectivity index is 0.000000304. The summed E-state index contributed by atoms with van der Waals surface area (Å²) < 4.78 is 61.1. The summed E-state index contributed by atoms with van der Waals surface area (Å²) in [5, 5.41) is 0. The minimum atomic E-state index is -6.09. The Morgan fingerprint density at radius 1 is 1.12 bits per heavy atom. The first-order valence-corrected chi connectivity index (χ1v) is 5.94. The van der Waals surface area contributed by atoms with E-state index in [4.69, 9.17) is 13.0 Å². The Morgan fingerprint density at radius 3 is 1.65 bits per heavy atom. The number of aromatic nitrogens is 1. The standard InChI is InChI=1S/C8H12N.CHF3O3S/c1-8(2)9-6-4-3-5-7-9;2-1(3,4)8(5,6)7/h3-8H,1-2H3;(H,5,6,7)/q+1;/p-1. The second kappa shape index (κ2) is 5.97. The van der Waals surface area contributed by atoms with Crippen molar-refractivity contribution >= 4 is 10.1 Å². The highest BCUT2D eigenvalue weighted by atomic mass is 32.2. The molecule has 0 saturated carbocycles. The fourth-order valence-electron chi connectivity index (χ4n) is 0.756. The Kier molecular flexibility index (Phi) is 5.56. The molecule has 0 unspecified atom stereocenters. The zero-order valence-electron chi connectivity index (χ0n) is 9.18. The first kappa shape index (κ1) is 15.9. The predicted molar refractivity (Wildman–Crippen MR) is 52.8 cm³/mol. The minimum Gasteiger partial charge on any atom is -0.741 e. The molecule has 0 saturated heterocycles. The van der Waals surface area contributed by atoms with Gasteiger partial charge in [-0.15, -0.1) is 0 Å². The van der Waals surface area contributed by atoms with Crippen molar-refractivity contribution in [3.63, 3.8) is 0 Å². The quantitative estimate of drug-likeness (QED) is 0.443. The van der Waals surface area contributed by atoms with Crippen LogP contribution >= 0.6 is 0 Å². The monoisotopic (exact) mass is 271 g/mol. The van der Waals surface area contributed by atoms with Crippen LogP contribution in [0.2, 0.25) is 0 Å². The number of halogens is 3. The van der Waals surface area contributed by atoms with Crippen LogP contribution in [0.3, 0.4) is 0 Å².